The Hall–Kier alpha value is -1.13. The SMILES string of the molecule is CCc1ccc(C(N)Cc2ccn(C(CC)CC)n2)s1. The van der Waals surface area contributed by atoms with Gasteiger partial charge in [0.05, 0.1) is 11.7 Å². The molecular weight excluding hydrogens is 266 g/mol. The van der Waals surface area contributed by atoms with Crippen molar-refractivity contribution in [2.45, 2.75) is 58.5 Å². The van der Waals surface area contributed by atoms with Gasteiger partial charge in [0, 0.05) is 28.4 Å². The van der Waals surface area contributed by atoms with Crippen LogP contribution in [0.15, 0.2) is 24.4 Å². The third kappa shape index (κ3) is 3.49. The standard InChI is InChI=1S/C16H25N3S/c1-4-13(5-2)19-10-9-12(18-19)11-15(17)16-8-7-14(6-3)20-16/h7-10,13,15H,4-6,11,17H2,1-3H3. The van der Waals surface area contributed by atoms with Crippen LogP contribution in [0, 0.1) is 0 Å². The van der Waals surface area contributed by atoms with Gasteiger partial charge in [-0.25, -0.2) is 0 Å². The maximum atomic E-state index is 6.31. The number of nitrogens with zero attached hydrogens (tertiary/aromatic N) is 2. The van der Waals surface area contributed by atoms with Crippen LogP contribution < -0.4 is 5.73 Å². The third-order valence-electron chi connectivity index (χ3n) is 3.81. The summed E-state index contributed by atoms with van der Waals surface area (Å²) in [6.07, 6.45) is 6.23. The summed E-state index contributed by atoms with van der Waals surface area (Å²) in [5.41, 5.74) is 7.40. The van der Waals surface area contributed by atoms with E-state index in [0.717, 1.165) is 31.4 Å². The number of thiophene rings is 1. The van der Waals surface area contributed by atoms with Gasteiger partial charge in [0.25, 0.3) is 0 Å². The van der Waals surface area contributed by atoms with Crippen LogP contribution in [0.25, 0.3) is 0 Å². The first-order valence-electron chi connectivity index (χ1n) is 7.56. The Balaban J connectivity index is 2.02. The molecule has 0 aliphatic carbocycles. The molecular formula is C16H25N3S. The van der Waals surface area contributed by atoms with Crippen molar-refractivity contribution in [1.29, 1.82) is 0 Å². The quantitative estimate of drug-likeness (QED) is 0.834. The second-order valence-electron chi connectivity index (χ2n) is 5.23. The lowest BCUT2D eigenvalue weighted by molar-refractivity contribution is 0.424. The maximum absolute atomic E-state index is 6.31. The smallest absolute Gasteiger partial charge is 0.0643 e. The summed E-state index contributed by atoms with van der Waals surface area (Å²) in [6, 6.07) is 7.01. The van der Waals surface area contributed by atoms with E-state index in [1.165, 1.54) is 9.75 Å². The van der Waals surface area contributed by atoms with Gasteiger partial charge < -0.3 is 5.73 Å². The van der Waals surface area contributed by atoms with Crippen molar-refractivity contribution >= 4 is 11.3 Å². The first-order valence-corrected chi connectivity index (χ1v) is 8.37. The highest BCUT2D eigenvalue weighted by atomic mass is 32.1. The van der Waals surface area contributed by atoms with Crippen molar-refractivity contribution in [3.05, 3.63) is 39.8 Å². The van der Waals surface area contributed by atoms with E-state index in [4.69, 9.17) is 5.73 Å². The highest BCUT2D eigenvalue weighted by Gasteiger charge is 2.13. The van der Waals surface area contributed by atoms with Gasteiger partial charge in [0.2, 0.25) is 0 Å². The summed E-state index contributed by atoms with van der Waals surface area (Å²) in [5.74, 6) is 0. The fraction of sp³-hybridized carbons (Fsp3) is 0.562. The molecule has 2 rings (SSSR count). The van der Waals surface area contributed by atoms with Gasteiger partial charge in [-0.2, -0.15) is 5.10 Å². The molecule has 2 aromatic rings. The van der Waals surface area contributed by atoms with E-state index in [2.05, 4.69) is 54.9 Å². The van der Waals surface area contributed by atoms with Crippen LogP contribution in [-0.2, 0) is 12.8 Å². The average Bonchev–Trinajstić information content (AvgIpc) is 3.09. The molecule has 1 unspecified atom stereocenters. The Bertz CT molecular complexity index is 525. The van der Waals surface area contributed by atoms with Crippen LogP contribution in [0.5, 0.6) is 0 Å². The zero-order valence-electron chi connectivity index (χ0n) is 12.7. The molecule has 2 N–H and O–H groups in total. The van der Waals surface area contributed by atoms with E-state index in [1.54, 1.807) is 0 Å². The molecule has 0 bridgehead atoms. The van der Waals surface area contributed by atoms with Crippen molar-refractivity contribution in [1.82, 2.24) is 9.78 Å². The molecule has 0 aromatic carbocycles. The van der Waals surface area contributed by atoms with Gasteiger partial charge in [-0.3, -0.25) is 4.68 Å². The fourth-order valence-corrected chi connectivity index (χ4v) is 3.42. The van der Waals surface area contributed by atoms with Crippen molar-refractivity contribution < 1.29 is 0 Å². The molecule has 2 heterocycles. The molecule has 110 valence electrons. The van der Waals surface area contributed by atoms with Crippen molar-refractivity contribution in [3.8, 4) is 0 Å². The zero-order chi connectivity index (χ0) is 14.5. The zero-order valence-corrected chi connectivity index (χ0v) is 13.5. The summed E-state index contributed by atoms with van der Waals surface area (Å²) in [5, 5.41) is 4.69. The molecule has 0 saturated carbocycles. The summed E-state index contributed by atoms with van der Waals surface area (Å²) in [4.78, 5) is 2.66. The molecule has 2 aromatic heterocycles. The normalized spacial score (nSPS) is 13.1. The van der Waals surface area contributed by atoms with Crippen molar-refractivity contribution in [3.63, 3.8) is 0 Å². The number of hydrogen-bond donors (Lipinski definition) is 1. The van der Waals surface area contributed by atoms with Crippen LogP contribution in [0.2, 0.25) is 0 Å². The van der Waals surface area contributed by atoms with E-state index < -0.39 is 0 Å². The van der Waals surface area contributed by atoms with Gasteiger partial charge in [-0.05, 0) is 37.5 Å². The van der Waals surface area contributed by atoms with Crippen LogP contribution in [0.1, 0.15) is 61.1 Å². The van der Waals surface area contributed by atoms with Crippen LogP contribution in [0.4, 0.5) is 0 Å². The molecule has 3 nitrogen and oxygen atoms in total. The van der Waals surface area contributed by atoms with Crippen LogP contribution in [0.3, 0.4) is 0 Å². The van der Waals surface area contributed by atoms with E-state index in [1.807, 2.05) is 11.3 Å². The Morgan fingerprint density at radius 3 is 2.55 bits per heavy atom. The number of nitrogens with two attached hydrogens (primary N) is 1. The molecule has 0 radical (unpaired) electrons. The van der Waals surface area contributed by atoms with Crippen molar-refractivity contribution in [2.75, 3.05) is 0 Å². The van der Waals surface area contributed by atoms with Crippen LogP contribution in [-0.4, -0.2) is 9.78 Å². The highest BCUT2D eigenvalue weighted by molar-refractivity contribution is 7.12. The minimum absolute atomic E-state index is 0.0605. The molecule has 0 saturated heterocycles. The number of aryl methyl sites for hydroxylation is 1. The Morgan fingerprint density at radius 1 is 1.20 bits per heavy atom. The summed E-state index contributed by atoms with van der Waals surface area (Å²) in [7, 11) is 0. The molecule has 0 aliphatic rings. The Labute approximate surface area is 125 Å². The Kier molecular flexibility index (Phi) is 5.38. The predicted octanol–water partition coefficient (Wildman–Crippen LogP) is 4.11. The monoisotopic (exact) mass is 291 g/mol. The maximum Gasteiger partial charge on any atom is 0.0643 e. The lowest BCUT2D eigenvalue weighted by Gasteiger charge is -2.13. The van der Waals surface area contributed by atoms with E-state index in [-0.39, 0.29) is 6.04 Å². The fourth-order valence-electron chi connectivity index (χ4n) is 2.46. The van der Waals surface area contributed by atoms with Gasteiger partial charge >= 0.3 is 0 Å². The van der Waals surface area contributed by atoms with Crippen molar-refractivity contribution in [2.24, 2.45) is 5.73 Å². The number of aromatic nitrogens is 2. The van der Waals surface area contributed by atoms with Gasteiger partial charge in [0.1, 0.15) is 0 Å². The molecule has 0 spiro atoms. The number of rotatable bonds is 7. The third-order valence-corrected chi connectivity index (χ3v) is 5.17. The topological polar surface area (TPSA) is 43.8 Å². The van der Waals surface area contributed by atoms with Gasteiger partial charge in [0.15, 0.2) is 0 Å². The second-order valence-corrected chi connectivity index (χ2v) is 6.43. The van der Waals surface area contributed by atoms with E-state index in [9.17, 15) is 0 Å². The first kappa shape index (κ1) is 15.3. The molecule has 4 heteroatoms. The highest BCUT2D eigenvalue weighted by Crippen LogP contribution is 2.25. The van der Waals surface area contributed by atoms with Crippen LogP contribution >= 0.6 is 11.3 Å². The summed E-state index contributed by atoms with van der Waals surface area (Å²) < 4.78 is 2.09. The largest absolute Gasteiger partial charge is 0.323 e. The molecule has 0 aliphatic heterocycles. The molecule has 1 atom stereocenters. The Morgan fingerprint density at radius 2 is 1.95 bits per heavy atom. The lowest BCUT2D eigenvalue weighted by Crippen LogP contribution is -2.13. The number of hydrogen-bond acceptors (Lipinski definition) is 3. The first-order chi connectivity index (χ1) is 9.67. The minimum Gasteiger partial charge on any atom is -0.323 e. The van der Waals surface area contributed by atoms with E-state index in [0.29, 0.717) is 6.04 Å². The lowest BCUT2D eigenvalue weighted by atomic mass is 10.1. The summed E-state index contributed by atoms with van der Waals surface area (Å²) in [6.45, 7) is 6.59. The van der Waals surface area contributed by atoms with Gasteiger partial charge in [-0.1, -0.05) is 20.8 Å². The molecule has 20 heavy (non-hydrogen) atoms. The predicted molar refractivity (Wildman–Crippen MR) is 86.2 cm³/mol. The average molecular weight is 291 g/mol. The molecule has 0 amide bonds. The van der Waals surface area contributed by atoms with E-state index >= 15 is 0 Å². The molecule has 0 fully saturated rings. The van der Waals surface area contributed by atoms with Gasteiger partial charge in [-0.15, -0.1) is 11.3 Å². The minimum atomic E-state index is 0.0605. The summed E-state index contributed by atoms with van der Waals surface area (Å²) >= 11 is 1.82. The second kappa shape index (κ2) is 7.04.